The summed E-state index contributed by atoms with van der Waals surface area (Å²) in [5.41, 5.74) is 0.485. The molecule has 1 atom stereocenters. The Balaban J connectivity index is 2.17. The molecule has 0 fully saturated rings. The van der Waals surface area contributed by atoms with Gasteiger partial charge in [0, 0.05) is 5.02 Å². The third-order valence-corrected chi connectivity index (χ3v) is 4.39. The fourth-order valence-corrected chi connectivity index (χ4v) is 2.66. The fourth-order valence-electron chi connectivity index (χ4n) is 1.98. The summed E-state index contributed by atoms with van der Waals surface area (Å²) in [7, 11) is -3.77. The molecule has 122 valence electrons. The van der Waals surface area contributed by atoms with Crippen molar-refractivity contribution in [3.63, 3.8) is 0 Å². The lowest BCUT2D eigenvalue weighted by molar-refractivity contribution is 0.0936. The van der Waals surface area contributed by atoms with Crippen LogP contribution in [0.4, 0.5) is 4.39 Å². The first-order valence-corrected chi connectivity index (χ1v) is 8.49. The Hall–Kier alpha value is -1.96. The maximum absolute atomic E-state index is 13.7. The van der Waals surface area contributed by atoms with Gasteiger partial charge in [0.15, 0.2) is 0 Å². The van der Waals surface area contributed by atoms with Crippen LogP contribution in [0, 0.1) is 5.82 Å². The number of hydrogen-bond donors (Lipinski definition) is 2. The van der Waals surface area contributed by atoms with Crippen molar-refractivity contribution < 1.29 is 17.6 Å². The predicted molar refractivity (Wildman–Crippen MR) is 85.1 cm³/mol. The van der Waals surface area contributed by atoms with E-state index in [2.05, 4.69) is 5.32 Å². The Kier molecular flexibility index (Phi) is 5.03. The van der Waals surface area contributed by atoms with Crippen LogP contribution in [0.15, 0.2) is 47.4 Å². The van der Waals surface area contributed by atoms with E-state index in [1.807, 2.05) is 0 Å². The zero-order valence-corrected chi connectivity index (χ0v) is 13.7. The molecule has 0 bridgehead atoms. The fraction of sp³-hybridized carbons (Fsp3) is 0.133. The van der Waals surface area contributed by atoms with Crippen LogP contribution in [-0.2, 0) is 10.0 Å². The van der Waals surface area contributed by atoms with Crippen LogP contribution in [0.25, 0.3) is 0 Å². The Bertz CT molecular complexity index is 838. The smallest absolute Gasteiger partial charge is 0.254 e. The van der Waals surface area contributed by atoms with Crippen molar-refractivity contribution in [2.45, 2.75) is 17.9 Å². The lowest BCUT2D eigenvalue weighted by Gasteiger charge is -2.15. The Morgan fingerprint density at radius 1 is 1.22 bits per heavy atom. The van der Waals surface area contributed by atoms with Crippen molar-refractivity contribution in [1.29, 1.82) is 0 Å². The molecule has 23 heavy (non-hydrogen) atoms. The van der Waals surface area contributed by atoms with E-state index in [1.54, 1.807) is 6.92 Å². The summed E-state index contributed by atoms with van der Waals surface area (Å²) in [6.07, 6.45) is 0. The highest BCUT2D eigenvalue weighted by atomic mass is 35.5. The third kappa shape index (κ3) is 4.28. The van der Waals surface area contributed by atoms with Gasteiger partial charge in [-0.15, -0.1) is 0 Å². The molecule has 0 radical (unpaired) electrons. The second-order valence-corrected chi connectivity index (χ2v) is 6.93. The van der Waals surface area contributed by atoms with E-state index in [-0.39, 0.29) is 15.5 Å². The molecule has 0 aliphatic heterocycles. The first-order valence-electron chi connectivity index (χ1n) is 6.57. The Morgan fingerprint density at radius 3 is 2.39 bits per heavy atom. The van der Waals surface area contributed by atoms with Gasteiger partial charge in [-0.05, 0) is 42.8 Å². The molecular weight excluding hydrogens is 343 g/mol. The van der Waals surface area contributed by atoms with Crippen LogP contribution >= 0.6 is 11.6 Å². The van der Waals surface area contributed by atoms with Crippen LogP contribution < -0.4 is 10.5 Å². The van der Waals surface area contributed by atoms with Crippen LogP contribution in [0.2, 0.25) is 5.02 Å². The molecule has 0 aliphatic carbocycles. The minimum absolute atomic E-state index is 0.0272. The zero-order valence-electron chi connectivity index (χ0n) is 12.1. The average molecular weight is 357 g/mol. The van der Waals surface area contributed by atoms with Gasteiger partial charge in [-0.3, -0.25) is 4.79 Å². The van der Waals surface area contributed by atoms with Gasteiger partial charge in [0.1, 0.15) is 5.82 Å². The molecule has 0 spiro atoms. The van der Waals surface area contributed by atoms with Crippen molar-refractivity contribution in [2.75, 3.05) is 0 Å². The van der Waals surface area contributed by atoms with E-state index in [0.717, 1.165) is 6.07 Å². The number of benzene rings is 2. The standard InChI is InChI=1S/C15H14ClFN2O3S/c1-9(10-2-5-12(6-3-10)23(18,21)22)19-15(20)13-8-11(16)4-7-14(13)17/h2-9H,1H3,(H,19,20)(H2,18,21,22). The van der Waals surface area contributed by atoms with E-state index in [0.29, 0.717) is 5.56 Å². The van der Waals surface area contributed by atoms with Crippen molar-refractivity contribution in [3.8, 4) is 0 Å². The number of halogens is 2. The van der Waals surface area contributed by atoms with Gasteiger partial charge in [-0.25, -0.2) is 17.9 Å². The third-order valence-electron chi connectivity index (χ3n) is 3.23. The highest BCUT2D eigenvalue weighted by Crippen LogP contribution is 2.18. The van der Waals surface area contributed by atoms with Crippen LogP contribution in [0.1, 0.15) is 28.9 Å². The highest BCUT2D eigenvalue weighted by Gasteiger charge is 2.16. The highest BCUT2D eigenvalue weighted by molar-refractivity contribution is 7.89. The summed E-state index contributed by atoms with van der Waals surface area (Å²) in [5, 5.41) is 7.89. The number of sulfonamides is 1. The molecule has 0 saturated heterocycles. The molecule has 0 aliphatic rings. The molecular formula is C15H14ClFN2O3S. The van der Waals surface area contributed by atoms with Gasteiger partial charge in [-0.1, -0.05) is 23.7 Å². The van der Waals surface area contributed by atoms with Crippen molar-refractivity contribution >= 4 is 27.5 Å². The minimum Gasteiger partial charge on any atom is -0.345 e. The van der Waals surface area contributed by atoms with Gasteiger partial charge in [-0.2, -0.15) is 0 Å². The normalized spacial score (nSPS) is 12.7. The van der Waals surface area contributed by atoms with Crippen molar-refractivity contribution in [1.82, 2.24) is 5.32 Å². The lowest BCUT2D eigenvalue weighted by atomic mass is 10.1. The lowest BCUT2D eigenvalue weighted by Crippen LogP contribution is -2.27. The topological polar surface area (TPSA) is 89.3 Å². The molecule has 0 saturated carbocycles. The monoisotopic (exact) mass is 356 g/mol. The zero-order chi connectivity index (χ0) is 17.2. The predicted octanol–water partition coefficient (Wildman–Crippen LogP) is 2.62. The summed E-state index contributed by atoms with van der Waals surface area (Å²) >= 11 is 5.76. The summed E-state index contributed by atoms with van der Waals surface area (Å²) in [6.45, 7) is 1.69. The Morgan fingerprint density at radius 2 is 1.83 bits per heavy atom. The number of amides is 1. The van der Waals surface area contributed by atoms with Crippen LogP contribution in [-0.4, -0.2) is 14.3 Å². The molecule has 0 aromatic heterocycles. The quantitative estimate of drug-likeness (QED) is 0.882. The van der Waals surface area contributed by atoms with Crippen LogP contribution in [0.3, 0.4) is 0 Å². The number of rotatable bonds is 4. The molecule has 1 amide bonds. The average Bonchev–Trinajstić information content (AvgIpc) is 2.48. The first-order chi connectivity index (χ1) is 10.7. The van der Waals surface area contributed by atoms with Gasteiger partial charge in [0.05, 0.1) is 16.5 Å². The van der Waals surface area contributed by atoms with E-state index in [4.69, 9.17) is 16.7 Å². The first kappa shape index (κ1) is 17.4. The largest absolute Gasteiger partial charge is 0.345 e. The number of carbonyl (C=O) groups excluding carboxylic acids is 1. The van der Waals surface area contributed by atoms with Gasteiger partial charge in [0.2, 0.25) is 10.0 Å². The van der Waals surface area contributed by atoms with E-state index >= 15 is 0 Å². The maximum Gasteiger partial charge on any atom is 0.254 e. The maximum atomic E-state index is 13.7. The van der Waals surface area contributed by atoms with E-state index in [9.17, 15) is 17.6 Å². The summed E-state index contributed by atoms with van der Waals surface area (Å²) in [6, 6.07) is 8.98. The number of nitrogens with two attached hydrogens (primary N) is 1. The van der Waals surface area contributed by atoms with Crippen molar-refractivity contribution in [2.24, 2.45) is 5.14 Å². The Labute approximate surface area is 138 Å². The van der Waals surface area contributed by atoms with Gasteiger partial charge in [0.25, 0.3) is 5.91 Å². The van der Waals surface area contributed by atoms with E-state index < -0.39 is 27.8 Å². The number of primary sulfonamides is 1. The second-order valence-electron chi connectivity index (χ2n) is 4.93. The molecule has 1 unspecified atom stereocenters. The molecule has 8 heteroatoms. The summed E-state index contributed by atoms with van der Waals surface area (Å²) in [5.74, 6) is -1.29. The number of hydrogen-bond acceptors (Lipinski definition) is 3. The number of nitrogens with one attached hydrogen (secondary N) is 1. The molecule has 2 rings (SSSR count). The van der Waals surface area contributed by atoms with Crippen molar-refractivity contribution in [3.05, 3.63) is 64.4 Å². The van der Waals surface area contributed by atoms with Gasteiger partial charge >= 0.3 is 0 Å². The summed E-state index contributed by atoms with van der Waals surface area (Å²) < 4.78 is 36.1. The van der Waals surface area contributed by atoms with Gasteiger partial charge < -0.3 is 5.32 Å². The minimum atomic E-state index is -3.77. The van der Waals surface area contributed by atoms with Crippen LogP contribution in [0.5, 0.6) is 0 Å². The van der Waals surface area contributed by atoms with E-state index in [1.165, 1.54) is 36.4 Å². The number of carbonyl (C=O) groups is 1. The second kappa shape index (κ2) is 6.66. The summed E-state index contributed by atoms with van der Waals surface area (Å²) in [4.78, 5) is 12.1. The SMILES string of the molecule is CC(NC(=O)c1cc(Cl)ccc1F)c1ccc(S(N)(=O)=O)cc1. The molecule has 3 N–H and O–H groups in total. The molecule has 2 aromatic carbocycles. The molecule has 0 heterocycles. The molecule has 2 aromatic rings. The molecule has 5 nitrogen and oxygen atoms in total.